The number of aromatic nitrogens is 3. The highest BCUT2D eigenvalue weighted by atomic mass is 35.5. The number of methoxy groups -OCH3 is 1. The fraction of sp³-hybridized carbons (Fsp3) is 0.100. The fourth-order valence-corrected chi connectivity index (χ4v) is 1.43. The normalized spacial score (nSPS) is 10.1. The summed E-state index contributed by atoms with van der Waals surface area (Å²) in [6.07, 6.45) is 0. The van der Waals surface area contributed by atoms with Crippen molar-refractivity contribution < 1.29 is 4.74 Å². The molecule has 88 valence electrons. The van der Waals surface area contributed by atoms with Crippen molar-refractivity contribution in [1.82, 2.24) is 15.2 Å². The zero-order valence-corrected chi connectivity index (χ0v) is 10.3. The molecule has 0 aliphatic rings. The van der Waals surface area contributed by atoms with Gasteiger partial charge in [0.2, 0.25) is 5.28 Å². The summed E-state index contributed by atoms with van der Waals surface area (Å²) in [5.41, 5.74) is 0.796. The number of ether oxygens (including phenoxy) is 1. The SMILES string of the molecule is COc1ccc(Nc2nc(Cl)nnc2Cl)cc1. The van der Waals surface area contributed by atoms with E-state index in [2.05, 4.69) is 20.5 Å². The minimum Gasteiger partial charge on any atom is -0.497 e. The lowest BCUT2D eigenvalue weighted by atomic mass is 10.3. The second-order valence-electron chi connectivity index (χ2n) is 3.07. The van der Waals surface area contributed by atoms with E-state index in [1.807, 2.05) is 24.3 Å². The molecule has 0 saturated carbocycles. The number of halogens is 2. The van der Waals surface area contributed by atoms with Crippen molar-refractivity contribution in [3.63, 3.8) is 0 Å². The van der Waals surface area contributed by atoms with E-state index in [0.29, 0.717) is 5.82 Å². The maximum Gasteiger partial charge on any atom is 0.245 e. The van der Waals surface area contributed by atoms with Crippen LogP contribution in [-0.2, 0) is 0 Å². The quantitative estimate of drug-likeness (QED) is 0.929. The summed E-state index contributed by atoms with van der Waals surface area (Å²) in [7, 11) is 1.60. The lowest BCUT2D eigenvalue weighted by Gasteiger charge is -2.07. The zero-order chi connectivity index (χ0) is 12.3. The Hall–Kier alpha value is -1.59. The Balaban J connectivity index is 2.22. The minimum absolute atomic E-state index is 0.0328. The van der Waals surface area contributed by atoms with Crippen LogP contribution in [0.25, 0.3) is 0 Å². The second-order valence-corrected chi connectivity index (χ2v) is 3.77. The van der Waals surface area contributed by atoms with E-state index >= 15 is 0 Å². The van der Waals surface area contributed by atoms with E-state index in [4.69, 9.17) is 27.9 Å². The van der Waals surface area contributed by atoms with Crippen molar-refractivity contribution >= 4 is 34.7 Å². The van der Waals surface area contributed by atoms with Gasteiger partial charge in [-0.15, -0.1) is 10.2 Å². The fourth-order valence-electron chi connectivity index (χ4n) is 1.18. The highest BCUT2D eigenvalue weighted by Gasteiger charge is 2.06. The third-order valence-electron chi connectivity index (χ3n) is 1.97. The molecule has 2 rings (SSSR count). The van der Waals surface area contributed by atoms with Gasteiger partial charge in [0.25, 0.3) is 0 Å². The second kappa shape index (κ2) is 5.16. The summed E-state index contributed by atoms with van der Waals surface area (Å²) in [6, 6.07) is 7.27. The summed E-state index contributed by atoms with van der Waals surface area (Å²) in [4.78, 5) is 3.93. The Morgan fingerprint density at radius 3 is 2.47 bits per heavy atom. The number of nitrogens with one attached hydrogen (secondary N) is 1. The van der Waals surface area contributed by atoms with Crippen molar-refractivity contribution in [3.8, 4) is 5.75 Å². The monoisotopic (exact) mass is 270 g/mol. The average molecular weight is 271 g/mol. The van der Waals surface area contributed by atoms with Crippen LogP contribution in [0.2, 0.25) is 10.4 Å². The molecule has 17 heavy (non-hydrogen) atoms. The smallest absolute Gasteiger partial charge is 0.245 e. The van der Waals surface area contributed by atoms with Crippen LogP contribution in [0.15, 0.2) is 24.3 Å². The molecule has 1 aromatic carbocycles. The standard InChI is InChI=1S/C10H8Cl2N4O/c1-17-7-4-2-6(3-5-7)13-9-8(11)15-16-10(12)14-9/h2-5H,1H3,(H,13,14,16). The van der Waals surface area contributed by atoms with Crippen LogP contribution in [0.3, 0.4) is 0 Å². The highest BCUT2D eigenvalue weighted by molar-refractivity contribution is 6.32. The van der Waals surface area contributed by atoms with Gasteiger partial charge in [-0.2, -0.15) is 4.98 Å². The van der Waals surface area contributed by atoms with Gasteiger partial charge in [0, 0.05) is 5.69 Å². The number of rotatable bonds is 3. The maximum absolute atomic E-state index is 5.82. The molecule has 1 N–H and O–H groups in total. The Morgan fingerprint density at radius 1 is 1.12 bits per heavy atom. The summed E-state index contributed by atoms with van der Waals surface area (Å²) in [5, 5.41) is 10.3. The number of benzene rings is 1. The lowest BCUT2D eigenvalue weighted by Crippen LogP contribution is -1.98. The maximum atomic E-state index is 5.82. The van der Waals surface area contributed by atoms with E-state index in [-0.39, 0.29) is 10.4 Å². The molecule has 0 atom stereocenters. The van der Waals surface area contributed by atoms with Crippen molar-refractivity contribution in [2.45, 2.75) is 0 Å². The first-order chi connectivity index (χ1) is 8.19. The van der Waals surface area contributed by atoms with Gasteiger partial charge in [0.05, 0.1) is 7.11 Å². The molecule has 7 heteroatoms. The molecule has 0 bridgehead atoms. The van der Waals surface area contributed by atoms with Gasteiger partial charge in [-0.3, -0.25) is 0 Å². The summed E-state index contributed by atoms with van der Waals surface area (Å²) < 4.78 is 5.05. The first-order valence-electron chi connectivity index (χ1n) is 4.66. The molecule has 0 fully saturated rings. The van der Waals surface area contributed by atoms with E-state index in [0.717, 1.165) is 11.4 Å². The molecule has 0 unspecified atom stereocenters. The predicted octanol–water partition coefficient (Wildman–Crippen LogP) is 2.93. The summed E-state index contributed by atoms with van der Waals surface area (Å²) >= 11 is 11.5. The number of hydrogen-bond acceptors (Lipinski definition) is 5. The minimum atomic E-state index is 0.0328. The summed E-state index contributed by atoms with van der Waals surface area (Å²) in [5.74, 6) is 1.12. The Labute approximate surface area is 108 Å². The van der Waals surface area contributed by atoms with Crippen LogP contribution in [0.5, 0.6) is 5.75 Å². The van der Waals surface area contributed by atoms with Crippen molar-refractivity contribution in [2.24, 2.45) is 0 Å². The third kappa shape index (κ3) is 2.95. The largest absolute Gasteiger partial charge is 0.497 e. The van der Waals surface area contributed by atoms with Crippen LogP contribution in [0.1, 0.15) is 0 Å². The van der Waals surface area contributed by atoms with Crippen molar-refractivity contribution in [2.75, 3.05) is 12.4 Å². The van der Waals surface area contributed by atoms with Gasteiger partial charge in [-0.1, -0.05) is 11.6 Å². The van der Waals surface area contributed by atoms with E-state index in [9.17, 15) is 0 Å². The topological polar surface area (TPSA) is 59.9 Å². The predicted molar refractivity (Wildman–Crippen MR) is 66.1 cm³/mol. The Kier molecular flexibility index (Phi) is 3.61. The first-order valence-corrected chi connectivity index (χ1v) is 5.41. The van der Waals surface area contributed by atoms with Crippen molar-refractivity contribution in [1.29, 1.82) is 0 Å². The highest BCUT2D eigenvalue weighted by Crippen LogP contribution is 2.23. The number of hydrogen-bond donors (Lipinski definition) is 1. The molecule has 0 aliphatic carbocycles. The summed E-state index contributed by atoms with van der Waals surface area (Å²) in [6.45, 7) is 0. The number of nitrogens with zero attached hydrogens (tertiary/aromatic N) is 3. The molecule has 0 radical (unpaired) electrons. The molecule has 0 amide bonds. The van der Waals surface area contributed by atoms with Gasteiger partial charge in [-0.05, 0) is 35.9 Å². The molecule has 0 spiro atoms. The average Bonchev–Trinajstić information content (AvgIpc) is 2.35. The number of anilines is 2. The van der Waals surface area contributed by atoms with Gasteiger partial charge >= 0.3 is 0 Å². The van der Waals surface area contributed by atoms with Crippen LogP contribution < -0.4 is 10.1 Å². The molecule has 0 saturated heterocycles. The molecule has 5 nitrogen and oxygen atoms in total. The van der Waals surface area contributed by atoms with Gasteiger partial charge in [0.15, 0.2) is 11.0 Å². The molecular weight excluding hydrogens is 263 g/mol. The van der Waals surface area contributed by atoms with Crippen LogP contribution in [0.4, 0.5) is 11.5 Å². The van der Waals surface area contributed by atoms with Crippen LogP contribution in [0, 0.1) is 0 Å². The molecule has 1 heterocycles. The molecule has 2 aromatic rings. The van der Waals surface area contributed by atoms with Gasteiger partial charge in [0.1, 0.15) is 5.75 Å². The van der Waals surface area contributed by atoms with Gasteiger partial charge in [-0.25, -0.2) is 0 Å². The van der Waals surface area contributed by atoms with E-state index in [1.54, 1.807) is 7.11 Å². The lowest BCUT2D eigenvalue weighted by molar-refractivity contribution is 0.415. The van der Waals surface area contributed by atoms with Crippen LogP contribution in [-0.4, -0.2) is 22.3 Å². The van der Waals surface area contributed by atoms with E-state index < -0.39 is 0 Å². The van der Waals surface area contributed by atoms with Crippen LogP contribution >= 0.6 is 23.2 Å². The molecule has 1 aromatic heterocycles. The molecule has 0 aliphatic heterocycles. The van der Waals surface area contributed by atoms with Crippen molar-refractivity contribution in [3.05, 3.63) is 34.7 Å². The Bertz CT molecular complexity index is 518. The first kappa shape index (κ1) is 11.9. The third-order valence-corrected chi connectivity index (χ3v) is 2.39. The van der Waals surface area contributed by atoms with E-state index in [1.165, 1.54) is 0 Å². The Morgan fingerprint density at radius 2 is 1.82 bits per heavy atom. The zero-order valence-electron chi connectivity index (χ0n) is 8.82. The van der Waals surface area contributed by atoms with Gasteiger partial charge < -0.3 is 10.1 Å². The molecular formula is C10H8Cl2N4O.